The van der Waals surface area contributed by atoms with Crippen LogP contribution in [-0.4, -0.2) is 14.8 Å². The number of nitrogens with zero attached hydrogens (tertiary/aromatic N) is 3. The van der Waals surface area contributed by atoms with Gasteiger partial charge in [0.05, 0.1) is 0 Å². The van der Waals surface area contributed by atoms with Gasteiger partial charge in [0.25, 0.3) is 0 Å². The van der Waals surface area contributed by atoms with E-state index in [1.165, 1.54) is 16.3 Å². The molecule has 0 radical (unpaired) electrons. The van der Waals surface area contributed by atoms with Crippen LogP contribution < -0.4 is 0 Å². The average molecular weight is 394 g/mol. The molecule has 0 fully saturated rings. The Balaban J connectivity index is 1.63. The number of thioether (sulfide) groups is 1. The maximum Gasteiger partial charge on any atom is 0.191 e. The molecule has 0 unspecified atom stereocenters. The molecule has 0 aliphatic rings. The highest BCUT2D eigenvalue weighted by atomic mass is 35.5. The lowest BCUT2D eigenvalue weighted by Crippen LogP contribution is -2.02. The molecule has 0 atom stereocenters. The Bertz CT molecular complexity index is 1050. The van der Waals surface area contributed by atoms with Crippen LogP contribution in [0.3, 0.4) is 0 Å². The lowest BCUT2D eigenvalue weighted by atomic mass is 10.1. The smallest absolute Gasteiger partial charge is 0.191 e. The van der Waals surface area contributed by atoms with E-state index in [-0.39, 0.29) is 0 Å². The van der Waals surface area contributed by atoms with E-state index in [9.17, 15) is 0 Å². The fourth-order valence-electron chi connectivity index (χ4n) is 3.19. The van der Waals surface area contributed by atoms with Crippen LogP contribution in [0, 0.1) is 0 Å². The van der Waals surface area contributed by atoms with Crippen molar-refractivity contribution in [3.05, 3.63) is 77.3 Å². The Morgan fingerprint density at radius 2 is 1.70 bits per heavy atom. The molecule has 5 heteroatoms. The van der Waals surface area contributed by atoms with Gasteiger partial charge in [-0.25, -0.2) is 0 Å². The normalized spacial score (nSPS) is 11.2. The first-order valence-corrected chi connectivity index (χ1v) is 10.4. The Kier molecular flexibility index (Phi) is 5.46. The van der Waals surface area contributed by atoms with Gasteiger partial charge in [0.1, 0.15) is 0 Å². The summed E-state index contributed by atoms with van der Waals surface area (Å²) in [5.74, 6) is 1.76. The first-order valence-electron chi connectivity index (χ1n) is 9.05. The van der Waals surface area contributed by atoms with Crippen LogP contribution in [0.4, 0.5) is 0 Å². The number of benzene rings is 3. The van der Waals surface area contributed by atoms with Gasteiger partial charge in [0.2, 0.25) is 0 Å². The fourth-order valence-corrected chi connectivity index (χ4v) is 4.29. The molecule has 3 nitrogen and oxygen atoms in total. The van der Waals surface area contributed by atoms with Gasteiger partial charge in [-0.05, 0) is 47.0 Å². The maximum absolute atomic E-state index is 6.02. The van der Waals surface area contributed by atoms with E-state index in [0.717, 1.165) is 40.3 Å². The van der Waals surface area contributed by atoms with Gasteiger partial charge >= 0.3 is 0 Å². The Morgan fingerprint density at radius 3 is 2.52 bits per heavy atom. The van der Waals surface area contributed by atoms with E-state index in [1.54, 1.807) is 11.8 Å². The lowest BCUT2D eigenvalue weighted by molar-refractivity contribution is 0.626. The van der Waals surface area contributed by atoms with Crippen molar-refractivity contribution in [3.63, 3.8) is 0 Å². The summed E-state index contributed by atoms with van der Waals surface area (Å²) in [5.41, 5.74) is 2.36. The molecule has 0 spiro atoms. The molecule has 0 N–H and O–H groups in total. The molecule has 0 amide bonds. The Labute approximate surface area is 168 Å². The third-order valence-electron chi connectivity index (χ3n) is 4.50. The van der Waals surface area contributed by atoms with E-state index in [0.29, 0.717) is 0 Å². The first kappa shape index (κ1) is 18.1. The number of halogens is 1. The molecule has 0 saturated heterocycles. The summed E-state index contributed by atoms with van der Waals surface area (Å²) in [7, 11) is 0. The number of hydrogen-bond donors (Lipinski definition) is 0. The average Bonchev–Trinajstić information content (AvgIpc) is 3.10. The van der Waals surface area contributed by atoms with Gasteiger partial charge in [-0.2, -0.15) is 0 Å². The van der Waals surface area contributed by atoms with Crippen LogP contribution in [0.25, 0.3) is 22.2 Å². The van der Waals surface area contributed by atoms with Gasteiger partial charge in [0.15, 0.2) is 11.0 Å². The van der Waals surface area contributed by atoms with E-state index in [4.69, 9.17) is 11.6 Å². The van der Waals surface area contributed by atoms with Gasteiger partial charge < -0.3 is 4.57 Å². The zero-order valence-corrected chi connectivity index (χ0v) is 16.7. The van der Waals surface area contributed by atoms with Crippen molar-refractivity contribution in [1.82, 2.24) is 14.8 Å². The minimum Gasteiger partial charge on any atom is -0.302 e. The summed E-state index contributed by atoms with van der Waals surface area (Å²) in [5, 5.41) is 13.2. The summed E-state index contributed by atoms with van der Waals surface area (Å²) in [6.07, 6.45) is 1.03. The summed E-state index contributed by atoms with van der Waals surface area (Å²) in [4.78, 5) is 0. The minimum atomic E-state index is 0.728. The van der Waals surface area contributed by atoms with Crippen molar-refractivity contribution in [3.8, 4) is 11.4 Å². The predicted molar refractivity (Wildman–Crippen MR) is 114 cm³/mol. The zero-order valence-electron chi connectivity index (χ0n) is 15.1. The molecular weight excluding hydrogens is 374 g/mol. The molecule has 4 rings (SSSR count). The third-order valence-corrected chi connectivity index (χ3v) is 5.77. The number of fused-ring (bicyclic) bond motifs is 1. The second kappa shape index (κ2) is 8.15. The quantitative estimate of drug-likeness (QED) is 0.352. The molecule has 3 aromatic carbocycles. The van der Waals surface area contributed by atoms with Gasteiger partial charge in [0, 0.05) is 22.9 Å². The van der Waals surface area contributed by atoms with E-state index in [1.807, 2.05) is 24.3 Å². The van der Waals surface area contributed by atoms with E-state index < -0.39 is 0 Å². The van der Waals surface area contributed by atoms with Crippen molar-refractivity contribution >= 4 is 34.1 Å². The number of rotatable bonds is 6. The SMILES string of the molecule is CCCn1c(SCc2cccc3ccccc23)nnc1-c1ccc(Cl)cc1. The summed E-state index contributed by atoms with van der Waals surface area (Å²) in [6, 6.07) is 22.8. The highest BCUT2D eigenvalue weighted by molar-refractivity contribution is 7.98. The third kappa shape index (κ3) is 3.87. The van der Waals surface area contributed by atoms with Crippen LogP contribution in [0.15, 0.2) is 71.9 Å². The molecule has 1 aromatic heterocycles. The van der Waals surface area contributed by atoms with Crippen LogP contribution in [0.1, 0.15) is 18.9 Å². The van der Waals surface area contributed by atoms with Crippen molar-refractivity contribution in [1.29, 1.82) is 0 Å². The molecule has 27 heavy (non-hydrogen) atoms. The largest absolute Gasteiger partial charge is 0.302 e. The van der Waals surface area contributed by atoms with Crippen LogP contribution in [-0.2, 0) is 12.3 Å². The second-order valence-corrected chi connectivity index (χ2v) is 7.77. The van der Waals surface area contributed by atoms with E-state index >= 15 is 0 Å². The number of hydrogen-bond acceptors (Lipinski definition) is 3. The molecule has 0 bridgehead atoms. The van der Waals surface area contributed by atoms with Gasteiger partial charge in [-0.1, -0.05) is 72.8 Å². The van der Waals surface area contributed by atoms with Gasteiger partial charge in [-0.15, -0.1) is 10.2 Å². The number of aromatic nitrogens is 3. The van der Waals surface area contributed by atoms with Crippen molar-refractivity contribution in [2.75, 3.05) is 0 Å². The van der Waals surface area contributed by atoms with Crippen molar-refractivity contribution in [2.24, 2.45) is 0 Å². The highest BCUT2D eigenvalue weighted by Crippen LogP contribution is 2.29. The highest BCUT2D eigenvalue weighted by Gasteiger charge is 2.14. The molecule has 0 aliphatic carbocycles. The predicted octanol–water partition coefficient (Wildman–Crippen LogP) is 6.45. The molecule has 0 aliphatic heterocycles. The summed E-state index contributed by atoms with van der Waals surface area (Å²) < 4.78 is 2.21. The monoisotopic (exact) mass is 393 g/mol. The molecular formula is C22H20ClN3S. The first-order chi connectivity index (χ1) is 13.3. The zero-order chi connectivity index (χ0) is 18.6. The van der Waals surface area contributed by atoms with E-state index in [2.05, 4.69) is 64.2 Å². The second-order valence-electron chi connectivity index (χ2n) is 6.39. The summed E-state index contributed by atoms with van der Waals surface area (Å²) >= 11 is 7.76. The molecule has 0 saturated carbocycles. The maximum atomic E-state index is 6.02. The van der Waals surface area contributed by atoms with Crippen molar-refractivity contribution < 1.29 is 0 Å². The summed E-state index contributed by atoms with van der Waals surface area (Å²) in [6.45, 7) is 3.06. The molecule has 136 valence electrons. The Hall–Kier alpha value is -2.30. The fraction of sp³-hybridized carbons (Fsp3) is 0.182. The lowest BCUT2D eigenvalue weighted by Gasteiger charge is -2.10. The van der Waals surface area contributed by atoms with Gasteiger partial charge in [-0.3, -0.25) is 0 Å². The minimum absolute atomic E-state index is 0.728. The molecule has 4 aromatic rings. The van der Waals surface area contributed by atoms with Crippen LogP contribution in [0.2, 0.25) is 5.02 Å². The van der Waals surface area contributed by atoms with Crippen LogP contribution >= 0.6 is 23.4 Å². The molecule has 1 heterocycles. The van der Waals surface area contributed by atoms with Crippen molar-refractivity contribution in [2.45, 2.75) is 30.8 Å². The topological polar surface area (TPSA) is 30.7 Å². The van der Waals surface area contributed by atoms with Crippen LogP contribution in [0.5, 0.6) is 0 Å². The Morgan fingerprint density at radius 1 is 0.926 bits per heavy atom. The standard InChI is InChI=1S/C22H20ClN3S/c1-2-14-26-21(17-10-12-19(23)13-11-17)24-25-22(26)27-15-18-8-5-7-16-6-3-4-9-20(16)18/h3-13H,2,14-15H2,1H3.